The molecule has 1 atom stereocenters. The maximum absolute atomic E-state index is 5.18. The third-order valence-corrected chi connectivity index (χ3v) is 3.74. The molecule has 0 saturated heterocycles. The van der Waals surface area contributed by atoms with Crippen molar-refractivity contribution in [1.29, 1.82) is 0 Å². The second-order valence-corrected chi connectivity index (χ2v) is 5.52. The van der Waals surface area contributed by atoms with Gasteiger partial charge in [0, 0.05) is 19.1 Å². The monoisotopic (exact) mass is 278 g/mol. The van der Waals surface area contributed by atoms with Gasteiger partial charge in [0.05, 0.1) is 7.11 Å². The van der Waals surface area contributed by atoms with E-state index in [1.54, 1.807) is 7.11 Å². The molecule has 0 aromatic heterocycles. The normalized spacial score (nSPS) is 12.7. The Morgan fingerprint density at radius 3 is 2.50 bits per heavy atom. The van der Waals surface area contributed by atoms with Gasteiger partial charge in [-0.2, -0.15) is 0 Å². The van der Waals surface area contributed by atoms with Crippen LogP contribution >= 0.6 is 0 Å². The van der Waals surface area contributed by atoms with Crippen molar-refractivity contribution in [3.8, 4) is 5.75 Å². The number of nitrogens with zero attached hydrogens (tertiary/aromatic N) is 1. The zero-order valence-electron chi connectivity index (χ0n) is 13.5. The molecule has 0 aliphatic rings. The van der Waals surface area contributed by atoms with Crippen LogP contribution < -0.4 is 10.1 Å². The van der Waals surface area contributed by atoms with Gasteiger partial charge >= 0.3 is 0 Å². The van der Waals surface area contributed by atoms with Crippen LogP contribution in [0.2, 0.25) is 0 Å². The van der Waals surface area contributed by atoms with Crippen molar-refractivity contribution >= 4 is 0 Å². The van der Waals surface area contributed by atoms with Crippen LogP contribution in [0, 0.1) is 0 Å². The minimum atomic E-state index is 0.540. The molecule has 3 heteroatoms. The Labute approximate surface area is 124 Å². The Kier molecular flexibility index (Phi) is 8.31. The highest BCUT2D eigenvalue weighted by Gasteiger charge is 2.09. The van der Waals surface area contributed by atoms with Crippen LogP contribution in [0.4, 0.5) is 0 Å². The van der Waals surface area contributed by atoms with E-state index >= 15 is 0 Å². The Hall–Kier alpha value is -1.06. The average molecular weight is 278 g/mol. The number of hydrogen-bond donors (Lipinski definition) is 1. The number of unbranched alkanes of at least 4 members (excludes halogenated alkanes) is 2. The Balaban J connectivity index is 2.27. The van der Waals surface area contributed by atoms with E-state index in [1.807, 2.05) is 12.1 Å². The third kappa shape index (κ3) is 6.40. The third-order valence-electron chi connectivity index (χ3n) is 3.74. The first kappa shape index (κ1) is 17.0. The lowest BCUT2D eigenvalue weighted by molar-refractivity contribution is 0.242. The van der Waals surface area contributed by atoms with Crippen molar-refractivity contribution < 1.29 is 4.74 Å². The van der Waals surface area contributed by atoms with Crippen LogP contribution in [0.5, 0.6) is 5.75 Å². The van der Waals surface area contributed by atoms with E-state index in [2.05, 4.69) is 43.2 Å². The number of rotatable bonds is 10. The number of nitrogens with one attached hydrogen (secondary N) is 1. The molecule has 1 aromatic rings. The van der Waals surface area contributed by atoms with Crippen molar-refractivity contribution in [1.82, 2.24) is 10.2 Å². The smallest absolute Gasteiger partial charge is 0.118 e. The molecule has 1 unspecified atom stereocenters. The molecule has 0 aliphatic carbocycles. The minimum Gasteiger partial charge on any atom is -0.497 e. The molecule has 1 aromatic carbocycles. The predicted octanol–water partition coefficient (Wildman–Crippen LogP) is 3.30. The Morgan fingerprint density at radius 1 is 1.20 bits per heavy atom. The standard InChI is InChI=1S/C17H30N2O/c1-5-6-7-12-18-13-15(2)19(3)14-16-8-10-17(20-4)11-9-16/h8-11,15,18H,5-7,12-14H2,1-4H3. The fraction of sp³-hybridized carbons (Fsp3) is 0.647. The van der Waals surface area contributed by atoms with Gasteiger partial charge < -0.3 is 10.1 Å². The molecule has 1 rings (SSSR count). The van der Waals surface area contributed by atoms with E-state index in [9.17, 15) is 0 Å². The maximum Gasteiger partial charge on any atom is 0.118 e. The number of ether oxygens (including phenoxy) is 1. The molecular weight excluding hydrogens is 248 g/mol. The summed E-state index contributed by atoms with van der Waals surface area (Å²) in [5, 5.41) is 3.54. The molecule has 0 aliphatic heterocycles. The molecule has 0 saturated carbocycles. The summed E-state index contributed by atoms with van der Waals surface area (Å²) in [6.45, 7) is 7.67. The van der Waals surface area contributed by atoms with Crippen LogP contribution in [-0.4, -0.2) is 38.2 Å². The van der Waals surface area contributed by atoms with Crippen molar-refractivity contribution in [3.05, 3.63) is 29.8 Å². The van der Waals surface area contributed by atoms with Gasteiger partial charge in [-0.3, -0.25) is 4.90 Å². The number of methoxy groups -OCH3 is 1. The van der Waals surface area contributed by atoms with E-state index in [-0.39, 0.29) is 0 Å². The van der Waals surface area contributed by atoms with E-state index in [4.69, 9.17) is 4.74 Å². The van der Waals surface area contributed by atoms with Crippen LogP contribution in [0.1, 0.15) is 38.7 Å². The number of likely N-dealkylation sites (N-methyl/N-ethyl adjacent to an activating group) is 1. The largest absolute Gasteiger partial charge is 0.497 e. The molecule has 0 spiro atoms. The lowest BCUT2D eigenvalue weighted by Gasteiger charge is -2.25. The van der Waals surface area contributed by atoms with Gasteiger partial charge in [-0.25, -0.2) is 0 Å². The van der Waals surface area contributed by atoms with E-state index in [1.165, 1.54) is 24.8 Å². The Bertz CT molecular complexity index is 351. The maximum atomic E-state index is 5.18. The van der Waals surface area contributed by atoms with Gasteiger partial charge in [0.1, 0.15) is 5.75 Å². The fourth-order valence-electron chi connectivity index (χ4n) is 2.14. The van der Waals surface area contributed by atoms with Crippen LogP contribution in [0.15, 0.2) is 24.3 Å². The van der Waals surface area contributed by atoms with Crippen molar-refractivity contribution in [3.63, 3.8) is 0 Å². The molecular formula is C17H30N2O. The van der Waals surface area contributed by atoms with E-state index in [0.29, 0.717) is 6.04 Å². The van der Waals surface area contributed by atoms with Crippen molar-refractivity contribution in [2.24, 2.45) is 0 Å². The van der Waals surface area contributed by atoms with Gasteiger partial charge in [0.25, 0.3) is 0 Å². The molecule has 0 heterocycles. The van der Waals surface area contributed by atoms with Crippen LogP contribution in [0.3, 0.4) is 0 Å². The van der Waals surface area contributed by atoms with Gasteiger partial charge in [-0.05, 0) is 44.6 Å². The Morgan fingerprint density at radius 2 is 1.90 bits per heavy atom. The summed E-state index contributed by atoms with van der Waals surface area (Å²) >= 11 is 0. The fourth-order valence-corrected chi connectivity index (χ4v) is 2.14. The molecule has 0 fully saturated rings. The summed E-state index contributed by atoms with van der Waals surface area (Å²) < 4.78 is 5.18. The summed E-state index contributed by atoms with van der Waals surface area (Å²) in [4.78, 5) is 2.38. The molecule has 1 N–H and O–H groups in total. The second kappa shape index (κ2) is 9.78. The van der Waals surface area contributed by atoms with Gasteiger partial charge in [0.2, 0.25) is 0 Å². The van der Waals surface area contributed by atoms with Gasteiger partial charge in [-0.15, -0.1) is 0 Å². The van der Waals surface area contributed by atoms with Crippen molar-refractivity contribution in [2.45, 2.75) is 45.7 Å². The first-order chi connectivity index (χ1) is 9.67. The lowest BCUT2D eigenvalue weighted by Crippen LogP contribution is -2.37. The highest BCUT2D eigenvalue weighted by atomic mass is 16.5. The SMILES string of the molecule is CCCCCNCC(C)N(C)Cc1ccc(OC)cc1. The predicted molar refractivity (Wildman–Crippen MR) is 86.3 cm³/mol. The first-order valence-corrected chi connectivity index (χ1v) is 7.71. The number of benzene rings is 1. The molecule has 0 bridgehead atoms. The second-order valence-electron chi connectivity index (χ2n) is 5.52. The highest BCUT2D eigenvalue weighted by Crippen LogP contribution is 2.13. The molecule has 20 heavy (non-hydrogen) atoms. The minimum absolute atomic E-state index is 0.540. The van der Waals surface area contributed by atoms with Gasteiger partial charge in [-0.1, -0.05) is 31.9 Å². The van der Waals surface area contributed by atoms with Gasteiger partial charge in [0.15, 0.2) is 0 Å². The summed E-state index contributed by atoms with van der Waals surface area (Å²) in [5.74, 6) is 0.919. The molecule has 0 radical (unpaired) electrons. The summed E-state index contributed by atoms with van der Waals surface area (Å²) in [6.07, 6.45) is 3.89. The molecule has 0 amide bonds. The van der Waals surface area contributed by atoms with Crippen molar-refractivity contribution in [2.75, 3.05) is 27.2 Å². The van der Waals surface area contributed by atoms with E-state index in [0.717, 1.165) is 25.4 Å². The quantitative estimate of drug-likeness (QED) is 0.665. The number of hydrogen-bond acceptors (Lipinski definition) is 3. The lowest BCUT2D eigenvalue weighted by atomic mass is 10.2. The van der Waals surface area contributed by atoms with Crippen LogP contribution in [-0.2, 0) is 6.54 Å². The zero-order chi connectivity index (χ0) is 14.8. The molecule has 114 valence electrons. The highest BCUT2D eigenvalue weighted by molar-refractivity contribution is 5.27. The van der Waals surface area contributed by atoms with E-state index < -0.39 is 0 Å². The summed E-state index contributed by atoms with van der Waals surface area (Å²) in [6, 6.07) is 8.86. The average Bonchev–Trinajstić information content (AvgIpc) is 2.47. The van der Waals surface area contributed by atoms with Crippen LogP contribution in [0.25, 0.3) is 0 Å². The topological polar surface area (TPSA) is 24.5 Å². The zero-order valence-corrected chi connectivity index (χ0v) is 13.5. The summed E-state index contributed by atoms with van der Waals surface area (Å²) in [5.41, 5.74) is 1.33. The first-order valence-electron chi connectivity index (χ1n) is 7.71. The summed E-state index contributed by atoms with van der Waals surface area (Å²) in [7, 11) is 3.88. The molecule has 3 nitrogen and oxygen atoms in total.